The Morgan fingerprint density at radius 1 is 1.20 bits per heavy atom. The minimum atomic E-state index is -0.139. The van der Waals surface area contributed by atoms with Gasteiger partial charge in [0.1, 0.15) is 5.82 Å². The van der Waals surface area contributed by atoms with Crippen molar-refractivity contribution in [3.05, 3.63) is 53.9 Å². The number of hydrogen-bond donors (Lipinski definition) is 2. The Morgan fingerprint density at radius 2 is 2.07 bits per heavy atom. The Bertz CT molecular complexity index is 984. The lowest BCUT2D eigenvalue weighted by Crippen LogP contribution is -2.40. The molecule has 1 aliphatic rings. The van der Waals surface area contributed by atoms with Gasteiger partial charge in [-0.3, -0.25) is 9.69 Å². The molecule has 2 heterocycles. The molecule has 1 aliphatic heterocycles. The quantitative estimate of drug-likeness (QED) is 0.628. The Morgan fingerprint density at radius 3 is 2.87 bits per heavy atom. The highest BCUT2D eigenvalue weighted by Gasteiger charge is 2.23. The van der Waals surface area contributed by atoms with E-state index in [-0.39, 0.29) is 5.91 Å². The maximum absolute atomic E-state index is 12.7. The van der Waals surface area contributed by atoms with Gasteiger partial charge in [-0.15, -0.1) is 0 Å². The fourth-order valence-corrected chi connectivity index (χ4v) is 4.15. The summed E-state index contributed by atoms with van der Waals surface area (Å²) in [6.07, 6.45) is 2.22. The highest BCUT2D eigenvalue weighted by atomic mass is 16.5. The molecule has 7 nitrogen and oxygen atoms in total. The summed E-state index contributed by atoms with van der Waals surface area (Å²) in [5.74, 6) is 2.28. The molecule has 0 saturated carbocycles. The number of likely N-dealkylation sites (tertiary alicyclic amines) is 1. The molecule has 0 unspecified atom stereocenters. The first-order chi connectivity index (χ1) is 14.7. The van der Waals surface area contributed by atoms with Crippen LogP contribution in [0.25, 0.3) is 11.0 Å². The SMILES string of the molecule is COc1cccc(C(=O)NC[C@@H]2CCCN(Cc3nc4ccccc4[nH]3)C2)c1OC. The summed E-state index contributed by atoms with van der Waals surface area (Å²) in [5, 5.41) is 3.08. The van der Waals surface area contributed by atoms with Crippen LogP contribution >= 0.6 is 0 Å². The van der Waals surface area contributed by atoms with E-state index in [1.54, 1.807) is 32.4 Å². The van der Waals surface area contributed by atoms with E-state index in [4.69, 9.17) is 9.47 Å². The van der Waals surface area contributed by atoms with Gasteiger partial charge in [-0.25, -0.2) is 4.98 Å². The van der Waals surface area contributed by atoms with E-state index in [2.05, 4.69) is 20.2 Å². The van der Waals surface area contributed by atoms with E-state index < -0.39 is 0 Å². The smallest absolute Gasteiger partial charge is 0.255 e. The first-order valence-corrected chi connectivity index (χ1v) is 10.3. The number of rotatable bonds is 7. The van der Waals surface area contributed by atoms with Crippen LogP contribution < -0.4 is 14.8 Å². The number of benzene rings is 2. The van der Waals surface area contributed by atoms with Gasteiger partial charge in [0.05, 0.1) is 37.4 Å². The average molecular weight is 409 g/mol. The number of imidazole rings is 1. The van der Waals surface area contributed by atoms with Gasteiger partial charge < -0.3 is 19.8 Å². The molecular formula is C23H28N4O3. The van der Waals surface area contributed by atoms with Crippen molar-refractivity contribution < 1.29 is 14.3 Å². The number of fused-ring (bicyclic) bond motifs is 1. The van der Waals surface area contributed by atoms with Crippen LogP contribution in [0.15, 0.2) is 42.5 Å². The number of nitrogens with one attached hydrogen (secondary N) is 2. The van der Waals surface area contributed by atoms with Crippen molar-refractivity contribution in [3.63, 3.8) is 0 Å². The highest BCUT2D eigenvalue weighted by molar-refractivity contribution is 5.97. The van der Waals surface area contributed by atoms with Gasteiger partial charge in [0.15, 0.2) is 11.5 Å². The van der Waals surface area contributed by atoms with Gasteiger partial charge in [0.25, 0.3) is 5.91 Å². The first-order valence-electron chi connectivity index (χ1n) is 10.3. The van der Waals surface area contributed by atoms with Crippen LogP contribution in [-0.4, -0.2) is 54.6 Å². The van der Waals surface area contributed by atoms with E-state index in [9.17, 15) is 4.79 Å². The standard InChI is InChI=1S/C23H28N4O3/c1-29-20-11-5-8-17(22(20)30-2)23(28)24-13-16-7-6-12-27(14-16)15-21-25-18-9-3-4-10-19(18)26-21/h3-5,8-11,16H,6-7,12-15H2,1-2H3,(H,24,28)(H,25,26)/t16-/m0/s1. The zero-order chi connectivity index (χ0) is 20.9. The third-order valence-corrected chi connectivity index (χ3v) is 5.61. The molecule has 1 amide bonds. The predicted octanol–water partition coefficient (Wildman–Crippen LogP) is 3.22. The number of carbonyl (C=O) groups excluding carboxylic acids is 1. The molecule has 1 aromatic heterocycles. The van der Waals surface area contributed by atoms with Crippen molar-refractivity contribution in [1.82, 2.24) is 20.2 Å². The number of methoxy groups -OCH3 is 2. The van der Waals surface area contributed by atoms with Gasteiger partial charge in [-0.2, -0.15) is 0 Å². The number of H-pyrrole nitrogens is 1. The normalized spacial score (nSPS) is 17.1. The Balaban J connectivity index is 1.34. The monoisotopic (exact) mass is 408 g/mol. The molecule has 4 rings (SSSR count). The average Bonchev–Trinajstić information content (AvgIpc) is 3.19. The minimum absolute atomic E-state index is 0.139. The summed E-state index contributed by atoms with van der Waals surface area (Å²) >= 11 is 0. The number of piperidine rings is 1. The number of para-hydroxylation sites is 3. The zero-order valence-corrected chi connectivity index (χ0v) is 17.5. The number of aromatic amines is 1. The summed E-state index contributed by atoms with van der Waals surface area (Å²) in [5.41, 5.74) is 2.56. The van der Waals surface area contributed by atoms with Crippen molar-refractivity contribution in [2.45, 2.75) is 19.4 Å². The van der Waals surface area contributed by atoms with Gasteiger partial charge in [0, 0.05) is 13.1 Å². The van der Waals surface area contributed by atoms with E-state index in [0.717, 1.165) is 49.3 Å². The van der Waals surface area contributed by atoms with E-state index >= 15 is 0 Å². The fraction of sp³-hybridized carbons (Fsp3) is 0.391. The Kier molecular flexibility index (Phi) is 6.18. The van der Waals surface area contributed by atoms with Crippen molar-refractivity contribution in [1.29, 1.82) is 0 Å². The molecule has 2 aromatic carbocycles. The topological polar surface area (TPSA) is 79.5 Å². The molecule has 7 heteroatoms. The van der Waals surface area contributed by atoms with Crippen LogP contribution in [0.5, 0.6) is 11.5 Å². The lowest BCUT2D eigenvalue weighted by molar-refractivity contribution is 0.0926. The largest absolute Gasteiger partial charge is 0.493 e. The van der Waals surface area contributed by atoms with Crippen LogP contribution in [0.4, 0.5) is 0 Å². The number of aromatic nitrogens is 2. The van der Waals surface area contributed by atoms with Gasteiger partial charge >= 0.3 is 0 Å². The number of ether oxygens (including phenoxy) is 2. The summed E-state index contributed by atoms with van der Waals surface area (Å²) < 4.78 is 10.7. The van der Waals surface area contributed by atoms with Gasteiger partial charge in [0.2, 0.25) is 0 Å². The van der Waals surface area contributed by atoms with Crippen LogP contribution in [0.3, 0.4) is 0 Å². The van der Waals surface area contributed by atoms with Gasteiger partial charge in [-0.05, 0) is 49.6 Å². The minimum Gasteiger partial charge on any atom is -0.493 e. The molecule has 30 heavy (non-hydrogen) atoms. The molecule has 0 radical (unpaired) electrons. The molecule has 2 N–H and O–H groups in total. The number of carbonyl (C=O) groups is 1. The third kappa shape index (κ3) is 4.41. The fourth-order valence-electron chi connectivity index (χ4n) is 4.15. The summed E-state index contributed by atoms with van der Waals surface area (Å²) in [4.78, 5) is 23.2. The molecule has 1 saturated heterocycles. The second-order valence-corrected chi connectivity index (χ2v) is 7.70. The van der Waals surface area contributed by atoms with Crippen LogP contribution in [0.1, 0.15) is 29.0 Å². The first kappa shape index (κ1) is 20.2. The lowest BCUT2D eigenvalue weighted by atomic mass is 9.98. The molecule has 1 atom stereocenters. The Hall–Kier alpha value is -3.06. The molecular weight excluding hydrogens is 380 g/mol. The van der Waals surface area contributed by atoms with E-state index in [1.807, 2.05) is 24.3 Å². The maximum atomic E-state index is 12.7. The van der Waals surface area contributed by atoms with Crippen LogP contribution in [0.2, 0.25) is 0 Å². The summed E-state index contributed by atoms with van der Waals surface area (Å²) in [6, 6.07) is 13.4. The van der Waals surface area contributed by atoms with Crippen molar-refractivity contribution in [2.75, 3.05) is 33.9 Å². The zero-order valence-electron chi connectivity index (χ0n) is 17.5. The van der Waals surface area contributed by atoms with Crippen LogP contribution in [0, 0.1) is 5.92 Å². The van der Waals surface area contributed by atoms with Gasteiger partial charge in [-0.1, -0.05) is 18.2 Å². The van der Waals surface area contributed by atoms with E-state index in [1.165, 1.54) is 0 Å². The molecule has 3 aromatic rings. The number of hydrogen-bond acceptors (Lipinski definition) is 5. The predicted molar refractivity (Wildman–Crippen MR) is 116 cm³/mol. The third-order valence-electron chi connectivity index (χ3n) is 5.61. The summed E-state index contributed by atoms with van der Waals surface area (Å²) in [6.45, 7) is 3.41. The van der Waals surface area contributed by atoms with Crippen molar-refractivity contribution in [2.24, 2.45) is 5.92 Å². The molecule has 0 aliphatic carbocycles. The van der Waals surface area contributed by atoms with Crippen LogP contribution in [-0.2, 0) is 6.54 Å². The van der Waals surface area contributed by atoms with E-state index in [0.29, 0.717) is 29.5 Å². The Labute approximate surface area is 176 Å². The molecule has 0 spiro atoms. The maximum Gasteiger partial charge on any atom is 0.255 e. The molecule has 0 bridgehead atoms. The number of amides is 1. The second kappa shape index (κ2) is 9.17. The highest BCUT2D eigenvalue weighted by Crippen LogP contribution is 2.30. The van der Waals surface area contributed by atoms with Crippen molar-refractivity contribution in [3.8, 4) is 11.5 Å². The van der Waals surface area contributed by atoms with Crippen molar-refractivity contribution >= 4 is 16.9 Å². The summed E-state index contributed by atoms with van der Waals surface area (Å²) in [7, 11) is 3.11. The lowest BCUT2D eigenvalue weighted by Gasteiger charge is -2.32. The molecule has 158 valence electrons. The molecule has 1 fully saturated rings. The number of nitrogens with zero attached hydrogens (tertiary/aromatic N) is 2. The second-order valence-electron chi connectivity index (χ2n) is 7.70.